The largest absolute Gasteiger partial charge is 0.378 e. The van der Waals surface area contributed by atoms with Crippen LogP contribution in [0.4, 0.5) is 15.8 Å². The third kappa shape index (κ3) is 7.66. The Morgan fingerprint density at radius 2 is 1.52 bits per heavy atom. The summed E-state index contributed by atoms with van der Waals surface area (Å²) >= 11 is 1.22. The first-order valence-electron chi connectivity index (χ1n) is 12.8. The lowest BCUT2D eigenvalue weighted by Crippen LogP contribution is -2.41. The summed E-state index contributed by atoms with van der Waals surface area (Å²) in [5.74, 6) is -1.08. The number of carbonyl (C=O) groups is 2. The third-order valence-electron chi connectivity index (χ3n) is 6.20. The number of aromatic nitrogens is 2. The van der Waals surface area contributed by atoms with Crippen molar-refractivity contribution >= 4 is 35.0 Å². The molecule has 0 fully saturated rings. The van der Waals surface area contributed by atoms with E-state index in [1.165, 1.54) is 28.8 Å². The van der Waals surface area contributed by atoms with Crippen LogP contribution >= 0.6 is 11.8 Å². The molecule has 1 N–H and O–H groups in total. The quantitative estimate of drug-likeness (QED) is 0.196. The highest BCUT2D eigenvalue weighted by Gasteiger charge is 2.32. The first-order valence-corrected chi connectivity index (χ1v) is 13.8. The van der Waals surface area contributed by atoms with E-state index in [-0.39, 0.29) is 18.2 Å². The molecule has 1 atom stereocenters. The van der Waals surface area contributed by atoms with Gasteiger partial charge in [0, 0.05) is 43.4 Å². The molecule has 206 valence electrons. The van der Waals surface area contributed by atoms with Gasteiger partial charge in [-0.2, -0.15) is 0 Å². The van der Waals surface area contributed by atoms with Gasteiger partial charge in [-0.3, -0.25) is 9.59 Å². The minimum atomic E-state index is -1.01. The molecular formula is C31H32FN5O2S. The molecule has 4 aromatic rings. The first-order chi connectivity index (χ1) is 19.2. The summed E-state index contributed by atoms with van der Waals surface area (Å²) in [4.78, 5) is 40.1. The fraction of sp³-hybridized carbons (Fsp3) is 0.226. The van der Waals surface area contributed by atoms with Gasteiger partial charge in [0.1, 0.15) is 11.9 Å². The molecule has 40 heavy (non-hydrogen) atoms. The van der Waals surface area contributed by atoms with Crippen LogP contribution in [0.25, 0.3) is 0 Å². The molecule has 0 radical (unpaired) electrons. The van der Waals surface area contributed by atoms with Crippen LogP contribution in [0.3, 0.4) is 0 Å². The summed E-state index contributed by atoms with van der Waals surface area (Å²) in [6, 6.07) is 23.4. The zero-order chi connectivity index (χ0) is 28.6. The highest BCUT2D eigenvalue weighted by atomic mass is 32.2. The fourth-order valence-corrected chi connectivity index (χ4v) is 5.08. The van der Waals surface area contributed by atoms with E-state index in [4.69, 9.17) is 0 Å². The molecule has 2 amide bonds. The van der Waals surface area contributed by atoms with Gasteiger partial charge < -0.3 is 15.1 Å². The maximum absolute atomic E-state index is 13.9. The number of thioether (sulfide) groups is 1. The summed E-state index contributed by atoms with van der Waals surface area (Å²) in [5.41, 5.74) is 4.56. The summed E-state index contributed by atoms with van der Waals surface area (Å²) in [5, 5.41) is 3.45. The van der Waals surface area contributed by atoms with Crippen molar-refractivity contribution in [1.82, 2.24) is 14.9 Å². The van der Waals surface area contributed by atoms with Gasteiger partial charge in [0.2, 0.25) is 5.91 Å². The normalized spacial score (nSPS) is 11.5. The summed E-state index contributed by atoms with van der Waals surface area (Å²) in [6.07, 6.45) is 0. The molecule has 3 aromatic carbocycles. The average Bonchev–Trinajstić information content (AvgIpc) is 2.93. The molecule has 1 heterocycles. The number of rotatable bonds is 10. The Hall–Kier alpha value is -4.24. The summed E-state index contributed by atoms with van der Waals surface area (Å²) in [6.45, 7) is 3.94. The number of halogens is 1. The van der Waals surface area contributed by atoms with Crippen molar-refractivity contribution in [2.75, 3.05) is 30.1 Å². The van der Waals surface area contributed by atoms with Gasteiger partial charge in [-0.15, -0.1) is 0 Å². The second kappa shape index (κ2) is 13.2. The van der Waals surface area contributed by atoms with E-state index >= 15 is 0 Å². The van der Waals surface area contributed by atoms with Crippen LogP contribution in [0.2, 0.25) is 0 Å². The van der Waals surface area contributed by atoms with E-state index in [0.717, 1.165) is 22.6 Å². The first kappa shape index (κ1) is 28.8. The minimum absolute atomic E-state index is 0.0260. The topological polar surface area (TPSA) is 78.4 Å². The molecule has 4 rings (SSSR count). The molecule has 9 heteroatoms. The van der Waals surface area contributed by atoms with E-state index in [9.17, 15) is 14.0 Å². The number of nitrogens with one attached hydrogen (secondary N) is 1. The molecule has 0 bridgehead atoms. The second-order valence-electron chi connectivity index (χ2n) is 9.61. The maximum Gasteiger partial charge on any atom is 0.251 e. The van der Waals surface area contributed by atoms with Gasteiger partial charge >= 0.3 is 0 Å². The van der Waals surface area contributed by atoms with E-state index in [2.05, 4.69) is 15.3 Å². The number of hydrogen-bond donors (Lipinski definition) is 1. The lowest BCUT2D eigenvalue weighted by molar-refractivity contribution is -0.137. The molecule has 0 spiro atoms. The van der Waals surface area contributed by atoms with Crippen LogP contribution in [0.15, 0.2) is 90.1 Å². The number of nitrogens with zero attached hydrogens (tertiary/aromatic N) is 4. The van der Waals surface area contributed by atoms with Crippen LogP contribution < -0.4 is 10.2 Å². The van der Waals surface area contributed by atoms with Gasteiger partial charge in [0.25, 0.3) is 5.91 Å². The Labute approximate surface area is 238 Å². The van der Waals surface area contributed by atoms with E-state index in [1.54, 1.807) is 12.1 Å². The standard InChI is InChI=1S/C31H32FN5O2S/c1-21-18-22(2)34-31(33-21)40-20-28(38)37(19-23-8-6-5-7-9-23)29(24-10-12-25(32)13-11-24)30(39)35-26-14-16-27(17-15-26)36(3)4/h5-18,29H,19-20H2,1-4H3,(H,35,39)/t29-/m0/s1. The van der Waals surface area contributed by atoms with Gasteiger partial charge in [-0.1, -0.05) is 54.2 Å². The Morgan fingerprint density at radius 3 is 2.12 bits per heavy atom. The van der Waals surface area contributed by atoms with E-state index in [0.29, 0.717) is 16.4 Å². The maximum atomic E-state index is 13.9. The number of hydrogen-bond acceptors (Lipinski definition) is 6. The van der Waals surface area contributed by atoms with E-state index in [1.807, 2.05) is 93.5 Å². The highest BCUT2D eigenvalue weighted by Crippen LogP contribution is 2.28. The summed E-state index contributed by atoms with van der Waals surface area (Å²) < 4.78 is 13.9. The zero-order valence-electron chi connectivity index (χ0n) is 23.0. The predicted octanol–water partition coefficient (Wildman–Crippen LogP) is 5.80. The van der Waals surface area contributed by atoms with Crippen molar-refractivity contribution < 1.29 is 14.0 Å². The Morgan fingerprint density at radius 1 is 0.900 bits per heavy atom. The lowest BCUT2D eigenvalue weighted by atomic mass is 10.0. The molecule has 0 aliphatic carbocycles. The zero-order valence-corrected chi connectivity index (χ0v) is 23.8. The third-order valence-corrected chi connectivity index (χ3v) is 7.03. The molecule has 0 saturated carbocycles. The molecule has 0 aliphatic rings. The molecule has 0 saturated heterocycles. The number of carbonyl (C=O) groups excluding carboxylic acids is 2. The van der Waals surface area contributed by atoms with Gasteiger partial charge in [0.15, 0.2) is 5.16 Å². The van der Waals surface area contributed by atoms with Crippen LogP contribution in [0.5, 0.6) is 0 Å². The number of amides is 2. The minimum Gasteiger partial charge on any atom is -0.378 e. The lowest BCUT2D eigenvalue weighted by Gasteiger charge is -2.31. The molecule has 1 aromatic heterocycles. The van der Waals surface area contributed by atoms with Crippen LogP contribution in [-0.4, -0.2) is 46.5 Å². The Kier molecular flexibility index (Phi) is 9.50. The number of anilines is 2. The fourth-order valence-electron chi connectivity index (χ4n) is 4.24. The number of aryl methyl sites for hydroxylation is 2. The Bertz CT molecular complexity index is 1430. The molecule has 0 aliphatic heterocycles. The van der Waals surface area contributed by atoms with Crippen molar-refractivity contribution in [3.8, 4) is 0 Å². The van der Waals surface area contributed by atoms with Crippen LogP contribution in [0, 0.1) is 19.7 Å². The van der Waals surface area contributed by atoms with Crippen molar-refractivity contribution in [3.63, 3.8) is 0 Å². The Balaban J connectivity index is 1.67. The number of benzene rings is 3. The van der Waals surface area contributed by atoms with Crippen molar-refractivity contribution in [1.29, 1.82) is 0 Å². The highest BCUT2D eigenvalue weighted by molar-refractivity contribution is 7.99. The molecule has 0 unspecified atom stereocenters. The smallest absolute Gasteiger partial charge is 0.251 e. The van der Waals surface area contributed by atoms with Gasteiger partial charge in [0.05, 0.1) is 5.75 Å². The monoisotopic (exact) mass is 557 g/mol. The summed E-state index contributed by atoms with van der Waals surface area (Å²) in [7, 11) is 3.87. The van der Waals surface area contributed by atoms with Gasteiger partial charge in [-0.05, 0) is 67.4 Å². The van der Waals surface area contributed by atoms with Crippen molar-refractivity contribution in [3.05, 3.63) is 113 Å². The molecular weight excluding hydrogens is 525 g/mol. The van der Waals surface area contributed by atoms with Crippen molar-refractivity contribution in [2.24, 2.45) is 0 Å². The van der Waals surface area contributed by atoms with Crippen LogP contribution in [-0.2, 0) is 16.1 Å². The second-order valence-corrected chi connectivity index (χ2v) is 10.6. The average molecular weight is 558 g/mol. The van der Waals surface area contributed by atoms with Crippen molar-refractivity contribution in [2.45, 2.75) is 31.6 Å². The van der Waals surface area contributed by atoms with E-state index < -0.39 is 17.8 Å². The van der Waals surface area contributed by atoms with Gasteiger partial charge in [-0.25, -0.2) is 14.4 Å². The van der Waals surface area contributed by atoms with Crippen LogP contribution in [0.1, 0.15) is 28.6 Å². The SMILES string of the molecule is Cc1cc(C)nc(SCC(=O)N(Cc2ccccc2)[C@H](C(=O)Nc2ccc(N(C)C)cc2)c2ccc(F)cc2)n1. The predicted molar refractivity (Wildman–Crippen MR) is 158 cm³/mol. The molecule has 7 nitrogen and oxygen atoms in total.